The van der Waals surface area contributed by atoms with Crippen LogP contribution in [-0.2, 0) is 12.8 Å². The Morgan fingerprint density at radius 3 is 0.739 bits per heavy atom. The predicted molar refractivity (Wildman–Crippen MR) is 208 cm³/mol. The van der Waals surface area contributed by atoms with Gasteiger partial charge in [-0.15, -0.1) is 0 Å². The van der Waals surface area contributed by atoms with Crippen LogP contribution in [0.5, 0.6) is 0 Å². The Balaban J connectivity index is 1.40. The van der Waals surface area contributed by atoms with Crippen molar-refractivity contribution in [2.75, 3.05) is 10.9 Å². The summed E-state index contributed by atoms with van der Waals surface area (Å²) in [5.41, 5.74) is 11.9. The summed E-state index contributed by atoms with van der Waals surface area (Å²) in [4.78, 5) is 0. The number of hydrogen-bond acceptors (Lipinski definition) is 2. The predicted octanol–water partition coefficient (Wildman–Crippen LogP) is 15.2. The van der Waals surface area contributed by atoms with Gasteiger partial charge in [0.05, 0.1) is 11.4 Å². The molecule has 0 bridgehead atoms. The third-order valence-corrected chi connectivity index (χ3v) is 9.90. The highest BCUT2D eigenvalue weighted by Crippen LogP contribution is 2.18. The van der Waals surface area contributed by atoms with Gasteiger partial charge in [0.2, 0.25) is 0 Å². The van der Waals surface area contributed by atoms with E-state index in [1.807, 2.05) is 0 Å². The van der Waals surface area contributed by atoms with Crippen LogP contribution in [0, 0.1) is 0 Å². The molecule has 2 aromatic rings. The Hall–Kier alpha value is -1.96. The Morgan fingerprint density at radius 2 is 0.500 bits per heavy atom. The molecule has 2 heteroatoms. The Kier molecular flexibility index (Phi) is 26.6. The lowest BCUT2D eigenvalue weighted by Gasteiger charge is -2.11. The highest BCUT2D eigenvalue weighted by molar-refractivity contribution is 5.53. The molecule has 0 spiro atoms. The lowest BCUT2D eigenvalue weighted by molar-refractivity contribution is 0.535. The summed E-state index contributed by atoms with van der Waals surface area (Å²) in [5, 5.41) is 0. The van der Waals surface area contributed by atoms with E-state index >= 15 is 0 Å². The van der Waals surface area contributed by atoms with Crippen LogP contribution in [0.4, 0.5) is 11.4 Å². The highest BCUT2D eigenvalue weighted by atomic mass is 15.4. The number of benzene rings is 2. The molecule has 0 aliphatic rings. The van der Waals surface area contributed by atoms with Crippen molar-refractivity contribution in [1.29, 1.82) is 0 Å². The molecule has 0 amide bonds. The average molecular weight is 633 g/mol. The SMILES string of the molecule is CCCCCCCCCCCCCCCCc1ccc(NNc2ccc(CCCCCCCCCCCCCCCC)cc2)cc1. The molecule has 262 valence electrons. The van der Waals surface area contributed by atoms with Gasteiger partial charge >= 0.3 is 0 Å². The fraction of sp³-hybridized carbons (Fsp3) is 0.727. The molecular weight excluding hydrogens is 556 g/mol. The van der Waals surface area contributed by atoms with Crippen LogP contribution < -0.4 is 10.9 Å². The fourth-order valence-electron chi connectivity index (χ4n) is 6.70. The summed E-state index contributed by atoms with van der Waals surface area (Å²) in [6, 6.07) is 18.0. The van der Waals surface area contributed by atoms with Crippen LogP contribution >= 0.6 is 0 Å². The molecule has 0 atom stereocenters. The number of nitrogens with one attached hydrogen (secondary N) is 2. The van der Waals surface area contributed by atoms with Gasteiger partial charge in [0.25, 0.3) is 0 Å². The first kappa shape index (κ1) is 40.2. The molecule has 2 nitrogen and oxygen atoms in total. The molecule has 0 unspecified atom stereocenters. The molecule has 0 saturated heterocycles. The highest BCUT2D eigenvalue weighted by Gasteiger charge is 2.00. The maximum Gasteiger partial charge on any atom is 0.0540 e. The first-order valence-electron chi connectivity index (χ1n) is 20.5. The second-order valence-corrected chi connectivity index (χ2v) is 14.3. The summed E-state index contributed by atoms with van der Waals surface area (Å²) in [6.07, 6.45) is 42.2. The van der Waals surface area contributed by atoms with E-state index in [0.717, 1.165) is 11.4 Å². The third kappa shape index (κ3) is 23.4. The first-order valence-corrected chi connectivity index (χ1v) is 20.5. The van der Waals surface area contributed by atoms with Crippen molar-refractivity contribution in [1.82, 2.24) is 0 Å². The van der Waals surface area contributed by atoms with Gasteiger partial charge in [-0.25, -0.2) is 0 Å². The second kappa shape index (κ2) is 30.4. The quantitative estimate of drug-likeness (QED) is 0.0604. The molecule has 2 aromatic carbocycles. The zero-order chi connectivity index (χ0) is 32.6. The number of unbranched alkanes of at least 4 members (excludes halogenated alkanes) is 26. The molecule has 0 aliphatic heterocycles. The monoisotopic (exact) mass is 633 g/mol. The van der Waals surface area contributed by atoms with Crippen LogP contribution in [0.1, 0.15) is 205 Å². The van der Waals surface area contributed by atoms with Crippen molar-refractivity contribution in [2.24, 2.45) is 0 Å². The van der Waals surface area contributed by atoms with Crippen molar-refractivity contribution in [3.63, 3.8) is 0 Å². The van der Waals surface area contributed by atoms with Crippen LogP contribution in [0.3, 0.4) is 0 Å². The molecule has 0 aliphatic carbocycles. The minimum Gasteiger partial charge on any atom is -0.301 e. The maximum absolute atomic E-state index is 3.38. The van der Waals surface area contributed by atoms with Gasteiger partial charge in [0.1, 0.15) is 0 Å². The zero-order valence-corrected chi connectivity index (χ0v) is 30.8. The van der Waals surface area contributed by atoms with Gasteiger partial charge in [-0.3, -0.25) is 0 Å². The second-order valence-electron chi connectivity index (χ2n) is 14.3. The first-order chi connectivity index (χ1) is 22.8. The van der Waals surface area contributed by atoms with Gasteiger partial charge in [-0.2, -0.15) is 0 Å². The lowest BCUT2D eigenvalue weighted by Crippen LogP contribution is -2.08. The summed E-state index contributed by atoms with van der Waals surface area (Å²) in [7, 11) is 0. The van der Waals surface area contributed by atoms with Crippen molar-refractivity contribution >= 4 is 11.4 Å². The maximum atomic E-state index is 3.38. The number of hydrazine groups is 1. The van der Waals surface area contributed by atoms with Crippen LogP contribution in [0.2, 0.25) is 0 Å². The molecule has 0 fully saturated rings. The van der Waals surface area contributed by atoms with Crippen molar-refractivity contribution in [2.45, 2.75) is 206 Å². The Morgan fingerprint density at radius 1 is 0.283 bits per heavy atom. The van der Waals surface area contributed by atoms with Gasteiger partial charge < -0.3 is 10.9 Å². The largest absolute Gasteiger partial charge is 0.301 e. The average Bonchev–Trinajstić information content (AvgIpc) is 3.08. The third-order valence-electron chi connectivity index (χ3n) is 9.90. The van der Waals surface area contributed by atoms with E-state index in [9.17, 15) is 0 Å². The molecule has 0 saturated carbocycles. The molecule has 2 N–H and O–H groups in total. The minimum atomic E-state index is 1.12. The number of aryl methyl sites for hydroxylation is 2. The summed E-state index contributed by atoms with van der Waals surface area (Å²) >= 11 is 0. The van der Waals surface area contributed by atoms with Crippen LogP contribution in [0.25, 0.3) is 0 Å². The number of rotatable bonds is 33. The van der Waals surface area contributed by atoms with Gasteiger partial charge in [-0.1, -0.05) is 205 Å². The molecule has 2 rings (SSSR count). The van der Waals surface area contributed by atoms with Crippen molar-refractivity contribution < 1.29 is 0 Å². The van der Waals surface area contributed by atoms with Crippen molar-refractivity contribution in [3.05, 3.63) is 59.7 Å². The molecule has 0 radical (unpaired) electrons. The molecular formula is C44H76N2. The van der Waals surface area contributed by atoms with Gasteiger partial charge in [0, 0.05) is 0 Å². The zero-order valence-electron chi connectivity index (χ0n) is 30.8. The number of anilines is 2. The fourth-order valence-corrected chi connectivity index (χ4v) is 6.70. The molecule has 46 heavy (non-hydrogen) atoms. The minimum absolute atomic E-state index is 1.12. The van der Waals surface area contributed by atoms with E-state index in [1.54, 1.807) is 0 Å². The topological polar surface area (TPSA) is 24.1 Å². The smallest absolute Gasteiger partial charge is 0.0540 e. The normalized spacial score (nSPS) is 11.3. The standard InChI is InChI=1S/C44H76N2/c1-3-5-7-9-11-13-15-17-19-21-23-25-27-29-31-41-33-37-43(38-34-41)45-46-44-39-35-42(36-40-44)32-30-28-26-24-22-20-18-16-14-12-10-8-6-4-2/h33-40,45-46H,3-32H2,1-2H3. The summed E-state index contributed by atoms with van der Waals surface area (Å²) in [5.74, 6) is 0. The number of hydrogen-bond donors (Lipinski definition) is 2. The lowest BCUT2D eigenvalue weighted by atomic mass is 10.0. The van der Waals surface area contributed by atoms with Gasteiger partial charge in [0.15, 0.2) is 0 Å². The van der Waals surface area contributed by atoms with E-state index in [-0.39, 0.29) is 0 Å². The van der Waals surface area contributed by atoms with E-state index in [2.05, 4.69) is 73.2 Å². The Bertz CT molecular complexity index is 812. The van der Waals surface area contributed by atoms with E-state index in [4.69, 9.17) is 0 Å². The van der Waals surface area contributed by atoms with Crippen LogP contribution in [-0.4, -0.2) is 0 Å². The van der Waals surface area contributed by atoms with Crippen molar-refractivity contribution in [3.8, 4) is 0 Å². The van der Waals surface area contributed by atoms with E-state index in [0.29, 0.717) is 0 Å². The Labute approximate surface area is 287 Å². The molecule has 0 heterocycles. The summed E-state index contributed by atoms with van der Waals surface area (Å²) < 4.78 is 0. The van der Waals surface area contributed by atoms with Crippen LogP contribution in [0.15, 0.2) is 48.5 Å². The van der Waals surface area contributed by atoms with E-state index in [1.165, 1.54) is 204 Å². The summed E-state index contributed by atoms with van der Waals surface area (Å²) in [6.45, 7) is 4.60. The molecule has 0 aromatic heterocycles. The van der Waals surface area contributed by atoms with E-state index < -0.39 is 0 Å². The van der Waals surface area contributed by atoms with Gasteiger partial charge in [-0.05, 0) is 61.1 Å².